The van der Waals surface area contributed by atoms with Gasteiger partial charge in [-0.2, -0.15) is 0 Å². The molecule has 5 nitrogen and oxygen atoms in total. The molecule has 1 aliphatic rings. The second-order valence-electron chi connectivity index (χ2n) is 7.10. The number of ketones is 1. The maximum atomic E-state index is 14.2. The largest absolute Gasteiger partial charge is 0.369 e. The Balaban J connectivity index is 1.76. The number of nitrogens with zero attached hydrogens (tertiary/aromatic N) is 1. The third kappa shape index (κ3) is 3.55. The number of primary amides is 1. The highest BCUT2D eigenvalue weighted by atomic mass is 19.1. The molecule has 0 unspecified atom stereocenters. The third-order valence-corrected chi connectivity index (χ3v) is 5.33. The molecule has 3 N–H and O–H groups in total. The predicted octanol–water partition coefficient (Wildman–Crippen LogP) is 1.20. The van der Waals surface area contributed by atoms with Gasteiger partial charge >= 0.3 is 0 Å². The molecular formula is C20H25FN3O2+. The Kier molecular flexibility index (Phi) is 5.23. The van der Waals surface area contributed by atoms with E-state index in [1.807, 2.05) is 19.9 Å². The summed E-state index contributed by atoms with van der Waals surface area (Å²) in [5.41, 5.74) is 8.04. The van der Waals surface area contributed by atoms with Crippen LogP contribution in [-0.4, -0.2) is 35.9 Å². The standard InChI is InChI=1S/C20H24FN3O2/c1-13-11-16(14(2)24(13)18-6-4-3-5-17(18)21)19(25)12-23-9-7-15(8-10-23)20(22)26/h3-6,11,15H,7-10,12H2,1-2H3,(H2,22,26)/p+1. The van der Waals surface area contributed by atoms with Crippen LogP contribution < -0.4 is 10.6 Å². The first-order valence-electron chi connectivity index (χ1n) is 8.98. The molecule has 0 atom stereocenters. The molecule has 6 heteroatoms. The summed E-state index contributed by atoms with van der Waals surface area (Å²) in [6.45, 7) is 5.65. The number of aryl methyl sites for hydroxylation is 1. The summed E-state index contributed by atoms with van der Waals surface area (Å²) in [6.07, 6.45) is 1.46. The summed E-state index contributed by atoms with van der Waals surface area (Å²) >= 11 is 0. The molecule has 1 aliphatic heterocycles. The second kappa shape index (κ2) is 7.41. The Labute approximate surface area is 152 Å². The highest BCUT2D eigenvalue weighted by molar-refractivity contribution is 5.98. The van der Waals surface area contributed by atoms with E-state index in [1.165, 1.54) is 11.0 Å². The van der Waals surface area contributed by atoms with Crippen molar-refractivity contribution in [1.82, 2.24) is 4.57 Å². The molecule has 1 amide bonds. The molecule has 1 fully saturated rings. The number of hydrogen-bond donors (Lipinski definition) is 2. The van der Waals surface area contributed by atoms with Crippen molar-refractivity contribution >= 4 is 11.7 Å². The average Bonchev–Trinajstić information content (AvgIpc) is 2.90. The Hall–Kier alpha value is -2.47. The first kappa shape index (κ1) is 18.3. The molecule has 26 heavy (non-hydrogen) atoms. The summed E-state index contributed by atoms with van der Waals surface area (Å²) in [4.78, 5) is 25.2. The van der Waals surface area contributed by atoms with Gasteiger partial charge in [-0.25, -0.2) is 4.39 Å². The van der Waals surface area contributed by atoms with Gasteiger partial charge < -0.3 is 15.2 Å². The number of nitrogens with two attached hydrogens (primary N) is 1. The molecule has 0 bridgehead atoms. The van der Waals surface area contributed by atoms with Gasteiger partial charge in [0.1, 0.15) is 12.4 Å². The van der Waals surface area contributed by atoms with Gasteiger partial charge in [-0.3, -0.25) is 9.59 Å². The number of carbonyl (C=O) groups is 2. The first-order chi connectivity index (χ1) is 12.4. The van der Waals surface area contributed by atoms with Crippen molar-refractivity contribution in [3.05, 3.63) is 53.1 Å². The molecule has 0 saturated carbocycles. The number of piperidine rings is 1. The van der Waals surface area contributed by atoms with Gasteiger partial charge in [0.15, 0.2) is 0 Å². The Morgan fingerprint density at radius 1 is 1.23 bits per heavy atom. The second-order valence-corrected chi connectivity index (χ2v) is 7.10. The lowest BCUT2D eigenvalue weighted by Crippen LogP contribution is -3.14. The Morgan fingerprint density at radius 2 is 1.88 bits per heavy atom. The van der Waals surface area contributed by atoms with Crippen molar-refractivity contribution in [2.45, 2.75) is 26.7 Å². The Bertz CT molecular complexity index is 836. The fourth-order valence-corrected chi connectivity index (χ4v) is 3.86. The quantitative estimate of drug-likeness (QED) is 0.789. The van der Waals surface area contributed by atoms with E-state index >= 15 is 0 Å². The van der Waals surface area contributed by atoms with Crippen molar-refractivity contribution in [1.29, 1.82) is 0 Å². The number of para-hydroxylation sites is 1. The van der Waals surface area contributed by atoms with Crippen molar-refractivity contribution in [2.24, 2.45) is 11.7 Å². The molecular weight excluding hydrogens is 333 g/mol. The lowest BCUT2D eigenvalue weighted by Gasteiger charge is -2.27. The van der Waals surface area contributed by atoms with Crippen molar-refractivity contribution < 1.29 is 18.9 Å². The van der Waals surface area contributed by atoms with Crippen molar-refractivity contribution in [3.8, 4) is 5.69 Å². The van der Waals surface area contributed by atoms with Gasteiger partial charge in [0.2, 0.25) is 11.7 Å². The van der Waals surface area contributed by atoms with Gasteiger partial charge in [-0.05, 0) is 32.0 Å². The number of hydrogen-bond acceptors (Lipinski definition) is 2. The van der Waals surface area contributed by atoms with E-state index in [2.05, 4.69) is 0 Å². The number of quaternary nitrogens is 1. The number of rotatable bonds is 5. The van der Waals surface area contributed by atoms with E-state index in [-0.39, 0.29) is 23.4 Å². The van der Waals surface area contributed by atoms with Crippen LogP contribution in [0, 0.1) is 25.6 Å². The number of amides is 1. The average molecular weight is 358 g/mol. The van der Waals surface area contributed by atoms with Crippen LogP contribution in [0.5, 0.6) is 0 Å². The number of carbonyl (C=O) groups excluding carboxylic acids is 2. The van der Waals surface area contributed by atoms with E-state index in [1.54, 1.807) is 22.8 Å². The smallest absolute Gasteiger partial charge is 0.220 e. The van der Waals surface area contributed by atoms with E-state index in [0.717, 1.165) is 37.3 Å². The van der Waals surface area contributed by atoms with E-state index in [0.29, 0.717) is 17.8 Å². The number of nitrogens with one attached hydrogen (secondary N) is 1. The Morgan fingerprint density at radius 3 is 2.50 bits per heavy atom. The molecule has 2 aromatic rings. The summed E-state index contributed by atoms with van der Waals surface area (Å²) in [6, 6.07) is 8.40. The summed E-state index contributed by atoms with van der Waals surface area (Å²) in [5, 5.41) is 0. The number of aromatic nitrogens is 1. The van der Waals surface area contributed by atoms with E-state index in [4.69, 9.17) is 5.73 Å². The first-order valence-corrected chi connectivity index (χ1v) is 8.98. The molecule has 0 aliphatic carbocycles. The third-order valence-electron chi connectivity index (χ3n) is 5.33. The molecule has 1 aromatic carbocycles. The highest BCUT2D eigenvalue weighted by Gasteiger charge is 2.28. The van der Waals surface area contributed by atoms with Gasteiger partial charge in [-0.15, -0.1) is 0 Å². The molecule has 138 valence electrons. The van der Waals surface area contributed by atoms with Crippen LogP contribution in [0.2, 0.25) is 0 Å². The number of halogens is 1. The minimum absolute atomic E-state index is 0.0493. The van der Waals surface area contributed by atoms with Gasteiger partial charge in [-0.1, -0.05) is 12.1 Å². The SMILES string of the molecule is Cc1cc(C(=O)C[NH+]2CCC(C(N)=O)CC2)c(C)n1-c1ccccc1F. The van der Waals surface area contributed by atoms with E-state index in [9.17, 15) is 14.0 Å². The van der Waals surface area contributed by atoms with Crippen LogP contribution in [0.3, 0.4) is 0 Å². The van der Waals surface area contributed by atoms with Crippen LogP contribution in [0.25, 0.3) is 5.69 Å². The van der Waals surface area contributed by atoms with E-state index < -0.39 is 0 Å². The lowest BCUT2D eigenvalue weighted by atomic mass is 9.96. The van der Waals surface area contributed by atoms with Gasteiger partial charge in [0, 0.05) is 35.7 Å². The molecule has 0 radical (unpaired) electrons. The maximum absolute atomic E-state index is 14.2. The fraction of sp³-hybridized carbons (Fsp3) is 0.400. The van der Waals surface area contributed by atoms with Crippen LogP contribution in [0.15, 0.2) is 30.3 Å². The zero-order valence-corrected chi connectivity index (χ0v) is 15.2. The number of likely N-dealkylation sites (tertiary alicyclic amines) is 1. The minimum Gasteiger partial charge on any atom is -0.369 e. The zero-order chi connectivity index (χ0) is 18.8. The highest BCUT2D eigenvalue weighted by Crippen LogP contribution is 2.23. The van der Waals surface area contributed by atoms with Gasteiger partial charge in [0.25, 0.3) is 0 Å². The summed E-state index contributed by atoms with van der Waals surface area (Å²) < 4.78 is 16.0. The predicted molar refractivity (Wildman–Crippen MR) is 97.0 cm³/mol. The van der Waals surface area contributed by atoms with Gasteiger partial charge in [0.05, 0.1) is 18.8 Å². The normalized spacial score (nSPS) is 20.1. The van der Waals surface area contributed by atoms with Crippen LogP contribution in [-0.2, 0) is 4.79 Å². The molecule has 2 heterocycles. The molecule has 1 aromatic heterocycles. The summed E-state index contributed by atoms with van der Waals surface area (Å²) in [7, 11) is 0. The number of benzene rings is 1. The maximum Gasteiger partial charge on any atom is 0.220 e. The number of Topliss-reactive ketones (excluding diaryl/α,β-unsaturated/α-hetero) is 1. The van der Waals surface area contributed by atoms with Crippen molar-refractivity contribution in [2.75, 3.05) is 19.6 Å². The van der Waals surface area contributed by atoms with Crippen LogP contribution in [0.1, 0.15) is 34.6 Å². The molecule has 0 spiro atoms. The van der Waals surface area contributed by atoms with Crippen molar-refractivity contribution in [3.63, 3.8) is 0 Å². The minimum atomic E-state index is -0.313. The lowest BCUT2D eigenvalue weighted by molar-refractivity contribution is -0.897. The zero-order valence-electron chi connectivity index (χ0n) is 15.2. The van der Waals surface area contributed by atoms with Crippen LogP contribution >= 0.6 is 0 Å². The monoisotopic (exact) mass is 358 g/mol. The molecule has 1 saturated heterocycles. The fourth-order valence-electron chi connectivity index (χ4n) is 3.86. The summed E-state index contributed by atoms with van der Waals surface area (Å²) in [5.74, 6) is -0.579. The van der Waals surface area contributed by atoms with Crippen LogP contribution in [0.4, 0.5) is 4.39 Å². The topological polar surface area (TPSA) is 69.5 Å². The molecule has 3 rings (SSSR count).